The van der Waals surface area contributed by atoms with Crippen molar-refractivity contribution in [1.82, 2.24) is 5.32 Å². The molecule has 0 saturated carbocycles. The minimum absolute atomic E-state index is 0.0454. The lowest BCUT2D eigenvalue weighted by molar-refractivity contribution is -0.121. The summed E-state index contributed by atoms with van der Waals surface area (Å²) in [6.45, 7) is 4.80. The first-order chi connectivity index (χ1) is 10.6. The lowest BCUT2D eigenvalue weighted by atomic mass is 9.99. The van der Waals surface area contributed by atoms with Gasteiger partial charge in [0.25, 0.3) is 0 Å². The predicted octanol–water partition coefficient (Wildman–Crippen LogP) is 3.49. The summed E-state index contributed by atoms with van der Waals surface area (Å²) >= 11 is 0. The summed E-state index contributed by atoms with van der Waals surface area (Å²) in [4.78, 5) is 12.3. The molecule has 0 aromatic heterocycles. The summed E-state index contributed by atoms with van der Waals surface area (Å²) in [5.74, 6) is 0.940. The summed E-state index contributed by atoms with van der Waals surface area (Å²) in [7, 11) is 0. The Morgan fingerprint density at radius 3 is 2.82 bits per heavy atom. The molecule has 2 aromatic carbocycles. The van der Waals surface area contributed by atoms with E-state index in [2.05, 4.69) is 31.3 Å². The summed E-state index contributed by atoms with van der Waals surface area (Å²) in [6, 6.07) is 14.2. The topological polar surface area (TPSA) is 38.3 Å². The quantitative estimate of drug-likeness (QED) is 0.941. The molecule has 114 valence electrons. The van der Waals surface area contributed by atoms with Crippen molar-refractivity contribution in [3.05, 3.63) is 64.7 Å². The van der Waals surface area contributed by atoms with Gasteiger partial charge in [-0.05, 0) is 36.6 Å². The highest BCUT2D eigenvalue weighted by molar-refractivity contribution is 5.79. The van der Waals surface area contributed by atoms with Crippen LogP contribution in [0, 0.1) is 13.8 Å². The Morgan fingerprint density at radius 2 is 2.00 bits per heavy atom. The van der Waals surface area contributed by atoms with Gasteiger partial charge in [0, 0.05) is 12.0 Å². The number of carbonyl (C=O) groups excluding carboxylic acids is 1. The fraction of sp³-hybridized carbons (Fsp3) is 0.316. The first kappa shape index (κ1) is 14.6. The standard InChI is InChI=1S/C19H21NO2/c1-13-7-8-15(11-14(13)2)12-19(21)20-17-9-10-22-18-6-4-3-5-16(17)18/h3-8,11,17H,9-10,12H2,1-2H3,(H,20,21). The monoisotopic (exact) mass is 295 g/mol. The van der Waals surface area contributed by atoms with Gasteiger partial charge in [-0.25, -0.2) is 0 Å². The number of hydrogen-bond donors (Lipinski definition) is 1. The zero-order chi connectivity index (χ0) is 15.5. The molecule has 0 saturated heterocycles. The number of benzene rings is 2. The molecule has 1 heterocycles. The smallest absolute Gasteiger partial charge is 0.224 e. The van der Waals surface area contributed by atoms with Crippen LogP contribution in [-0.4, -0.2) is 12.5 Å². The molecule has 1 aliphatic heterocycles. The van der Waals surface area contributed by atoms with Crippen LogP contribution in [0.15, 0.2) is 42.5 Å². The van der Waals surface area contributed by atoms with Crippen molar-refractivity contribution in [2.24, 2.45) is 0 Å². The number of hydrogen-bond acceptors (Lipinski definition) is 2. The summed E-state index contributed by atoms with van der Waals surface area (Å²) in [5, 5.41) is 3.14. The van der Waals surface area contributed by atoms with Crippen LogP contribution in [0.1, 0.15) is 34.7 Å². The number of para-hydroxylation sites is 1. The fourth-order valence-corrected chi connectivity index (χ4v) is 2.84. The van der Waals surface area contributed by atoms with E-state index < -0.39 is 0 Å². The van der Waals surface area contributed by atoms with E-state index >= 15 is 0 Å². The Hall–Kier alpha value is -2.29. The number of aryl methyl sites for hydroxylation is 2. The Morgan fingerprint density at radius 1 is 1.18 bits per heavy atom. The van der Waals surface area contributed by atoms with E-state index in [-0.39, 0.29) is 11.9 Å². The van der Waals surface area contributed by atoms with Gasteiger partial charge < -0.3 is 10.1 Å². The second-order valence-corrected chi connectivity index (χ2v) is 5.89. The number of ether oxygens (including phenoxy) is 1. The largest absolute Gasteiger partial charge is 0.493 e. The van der Waals surface area contributed by atoms with E-state index in [1.807, 2.05) is 30.3 Å². The maximum atomic E-state index is 12.3. The third-order valence-corrected chi connectivity index (χ3v) is 4.23. The molecule has 1 unspecified atom stereocenters. The number of nitrogens with one attached hydrogen (secondary N) is 1. The molecule has 0 fully saturated rings. The lowest BCUT2D eigenvalue weighted by Crippen LogP contribution is -2.33. The average Bonchev–Trinajstić information content (AvgIpc) is 2.51. The van der Waals surface area contributed by atoms with E-state index in [1.54, 1.807) is 0 Å². The molecule has 1 aliphatic rings. The van der Waals surface area contributed by atoms with E-state index in [1.165, 1.54) is 11.1 Å². The molecule has 0 aliphatic carbocycles. The van der Waals surface area contributed by atoms with Crippen molar-refractivity contribution in [2.75, 3.05) is 6.61 Å². The molecule has 0 spiro atoms. The molecule has 2 aromatic rings. The first-order valence-electron chi connectivity index (χ1n) is 7.71. The van der Waals surface area contributed by atoms with Gasteiger partial charge in [0.15, 0.2) is 0 Å². The SMILES string of the molecule is Cc1ccc(CC(=O)NC2CCOc3ccccc32)cc1C. The van der Waals surface area contributed by atoms with Gasteiger partial charge in [0.05, 0.1) is 19.1 Å². The van der Waals surface area contributed by atoms with Gasteiger partial charge in [-0.3, -0.25) is 4.79 Å². The van der Waals surface area contributed by atoms with Gasteiger partial charge in [0.1, 0.15) is 5.75 Å². The molecular formula is C19H21NO2. The molecule has 22 heavy (non-hydrogen) atoms. The van der Waals surface area contributed by atoms with Crippen LogP contribution < -0.4 is 10.1 Å². The number of fused-ring (bicyclic) bond motifs is 1. The zero-order valence-corrected chi connectivity index (χ0v) is 13.1. The number of carbonyl (C=O) groups is 1. The molecule has 3 rings (SSSR count). The van der Waals surface area contributed by atoms with E-state index in [9.17, 15) is 4.79 Å². The van der Waals surface area contributed by atoms with Crippen LogP contribution in [0.2, 0.25) is 0 Å². The van der Waals surface area contributed by atoms with Crippen molar-refractivity contribution in [3.8, 4) is 5.75 Å². The first-order valence-corrected chi connectivity index (χ1v) is 7.71. The van der Waals surface area contributed by atoms with E-state index in [4.69, 9.17) is 4.74 Å². The van der Waals surface area contributed by atoms with Crippen LogP contribution in [0.3, 0.4) is 0 Å². The normalized spacial score (nSPS) is 16.5. The molecule has 1 N–H and O–H groups in total. The Bertz CT molecular complexity index is 694. The molecule has 1 amide bonds. The summed E-state index contributed by atoms with van der Waals surface area (Å²) < 4.78 is 5.63. The third-order valence-electron chi connectivity index (χ3n) is 4.23. The number of amides is 1. The highest BCUT2D eigenvalue weighted by Gasteiger charge is 2.22. The zero-order valence-electron chi connectivity index (χ0n) is 13.1. The van der Waals surface area contributed by atoms with Crippen molar-refractivity contribution in [3.63, 3.8) is 0 Å². The molecule has 3 heteroatoms. The van der Waals surface area contributed by atoms with Gasteiger partial charge in [-0.15, -0.1) is 0 Å². The van der Waals surface area contributed by atoms with Crippen molar-refractivity contribution < 1.29 is 9.53 Å². The maximum absolute atomic E-state index is 12.3. The molecular weight excluding hydrogens is 274 g/mol. The Kier molecular flexibility index (Phi) is 4.14. The van der Waals surface area contributed by atoms with Crippen molar-refractivity contribution >= 4 is 5.91 Å². The Balaban J connectivity index is 1.69. The third kappa shape index (κ3) is 3.14. The van der Waals surface area contributed by atoms with Crippen molar-refractivity contribution in [1.29, 1.82) is 0 Å². The van der Waals surface area contributed by atoms with E-state index in [0.717, 1.165) is 23.3 Å². The maximum Gasteiger partial charge on any atom is 0.224 e. The minimum Gasteiger partial charge on any atom is -0.493 e. The Labute approximate surface area is 131 Å². The van der Waals surface area contributed by atoms with Crippen LogP contribution in [0.4, 0.5) is 0 Å². The highest BCUT2D eigenvalue weighted by atomic mass is 16.5. The van der Waals surface area contributed by atoms with Crippen LogP contribution >= 0.6 is 0 Å². The van der Waals surface area contributed by atoms with E-state index in [0.29, 0.717) is 13.0 Å². The minimum atomic E-state index is 0.0454. The van der Waals surface area contributed by atoms with Crippen LogP contribution in [-0.2, 0) is 11.2 Å². The van der Waals surface area contributed by atoms with Crippen LogP contribution in [0.5, 0.6) is 5.75 Å². The summed E-state index contributed by atoms with van der Waals surface area (Å²) in [6.07, 6.45) is 1.23. The van der Waals surface area contributed by atoms with Crippen LogP contribution in [0.25, 0.3) is 0 Å². The fourth-order valence-electron chi connectivity index (χ4n) is 2.84. The molecule has 0 bridgehead atoms. The molecule has 3 nitrogen and oxygen atoms in total. The highest BCUT2D eigenvalue weighted by Crippen LogP contribution is 2.31. The second kappa shape index (κ2) is 6.22. The predicted molar refractivity (Wildman–Crippen MR) is 87.1 cm³/mol. The van der Waals surface area contributed by atoms with Gasteiger partial charge in [-0.1, -0.05) is 36.4 Å². The number of rotatable bonds is 3. The molecule has 1 atom stereocenters. The second-order valence-electron chi connectivity index (χ2n) is 5.89. The van der Waals surface area contributed by atoms with Gasteiger partial charge >= 0.3 is 0 Å². The lowest BCUT2D eigenvalue weighted by Gasteiger charge is -2.26. The van der Waals surface area contributed by atoms with Gasteiger partial charge in [-0.2, -0.15) is 0 Å². The molecule has 0 radical (unpaired) electrons. The van der Waals surface area contributed by atoms with Gasteiger partial charge in [0.2, 0.25) is 5.91 Å². The van der Waals surface area contributed by atoms with Crippen molar-refractivity contribution in [2.45, 2.75) is 32.7 Å². The average molecular weight is 295 g/mol. The summed E-state index contributed by atoms with van der Waals surface area (Å²) in [5.41, 5.74) is 4.60.